The molecule has 0 rings (SSSR count). The average molecular weight is 1010 g/mol. The summed E-state index contributed by atoms with van der Waals surface area (Å²) >= 11 is 0. The average Bonchev–Trinajstić information content (AvgIpc) is 3.39. The van der Waals surface area contributed by atoms with Crippen molar-refractivity contribution >= 4 is 17.9 Å². The highest BCUT2D eigenvalue weighted by molar-refractivity contribution is 5.71. The van der Waals surface area contributed by atoms with Crippen molar-refractivity contribution in [3.8, 4) is 0 Å². The summed E-state index contributed by atoms with van der Waals surface area (Å²) in [7, 11) is 0. The van der Waals surface area contributed by atoms with Crippen LogP contribution in [0.15, 0.2) is 146 Å². The molecule has 0 aromatic rings. The minimum absolute atomic E-state index is 0.112. The second kappa shape index (κ2) is 59.8. The van der Waals surface area contributed by atoms with Gasteiger partial charge in [-0.15, -0.1) is 0 Å². The van der Waals surface area contributed by atoms with Gasteiger partial charge in [-0.25, -0.2) is 0 Å². The molecule has 0 saturated carbocycles. The third-order valence-corrected chi connectivity index (χ3v) is 11.9. The first kappa shape index (κ1) is 68.3. The maximum atomic E-state index is 12.7. The van der Waals surface area contributed by atoms with Gasteiger partial charge in [0.25, 0.3) is 0 Å². The Bertz CT molecular complexity index is 1630. The molecule has 0 heterocycles. The summed E-state index contributed by atoms with van der Waals surface area (Å²) in [6.45, 7) is 6.30. The summed E-state index contributed by atoms with van der Waals surface area (Å²) in [5.74, 6) is -1.01. The Morgan fingerprint density at radius 1 is 0.288 bits per heavy atom. The van der Waals surface area contributed by atoms with E-state index in [1.807, 2.05) is 12.2 Å². The van der Waals surface area contributed by atoms with Gasteiger partial charge in [-0.1, -0.05) is 256 Å². The number of unbranched alkanes of at least 4 members (excludes halogenated alkanes) is 16. The van der Waals surface area contributed by atoms with Crippen LogP contribution in [0.1, 0.15) is 239 Å². The molecule has 6 heteroatoms. The molecule has 0 saturated heterocycles. The van der Waals surface area contributed by atoms with E-state index in [1.165, 1.54) is 70.6 Å². The SMILES string of the molecule is CC/C=C\C/C=C\C/C=C\C/C=C\C/C=C\C/C=C\C/C=C\C/C=C\CCCCCCCCCCC(=O)OCC(COC(=O)CCCCCCCCCCC)OC(=O)CC/C=C\C/C=C\C/C=C\C/C=C\CC. The summed E-state index contributed by atoms with van der Waals surface area (Å²) < 4.78 is 16.7. The Morgan fingerprint density at radius 2 is 0.562 bits per heavy atom. The monoisotopic (exact) mass is 1010 g/mol. The number of carbonyl (C=O) groups is 3. The van der Waals surface area contributed by atoms with E-state index < -0.39 is 12.1 Å². The molecule has 0 fully saturated rings. The first-order chi connectivity index (χ1) is 36.0. The van der Waals surface area contributed by atoms with Gasteiger partial charge >= 0.3 is 17.9 Å². The Hall–Kier alpha value is -4.71. The van der Waals surface area contributed by atoms with Gasteiger partial charge in [-0.2, -0.15) is 0 Å². The Balaban J connectivity index is 4.23. The Kier molecular flexibility index (Phi) is 56.0. The molecule has 73 heavy (non-hydrogen) atoms. The van der Waals surface area contributed by atoms with Gasteiger partial charge in [-0.05, 0) is 109 Å². The normalized spacial score (nSPS) is 13.2. The maximum absolute atomic E-state index is 12.7. The molecular weight excluding hydrogens is 901 g/mol. The molecule has 0 aliphatic heterocycles. The summed E-state index contributed by atoms with van der Waals surface area (Å²) in [6.07, 6.45) is 85.9. The van der Waals surface area contributed by atoms with Crippen molar-refractivity contribution in [2.75, 3.05) is 13.2 Å². The highest BCUT2D eigenvalue weighted by Crippen LogP contribution is 2.14. The first-order valence-corrected chi connectivity index (χ1v) is 29.3. The summed E-state index contributed by atoms with van der Waals surface area (Å²) in [5.41, 5.74) is 0. The van der Waals surface area contributed by atoms with E-state index >= 15 is 0 Å². The Morgan fingerprint density at radius 3 is 0.890 bits per heavy atom. The van der Waals surface area contributed by atoms with Crippen molar-refractivity contribution in [2.45, 2.75) is 245 Å². The summed E-state index contributed by atoms with van der Waals surface area (Å²) in [5, 5.41) is 0. The summed E-state index contributed by atoms with van der Waals surface area (Å²) in [4.78, 5) is 37.9. The Labute approximate surface area is 448 Å². The number of hydrogen-bond donors (Lipinski definition) is 0. The lowest BCUT2D eigenvalue weighted by molar-refractivity contribution is -0.166. The number of ether oxygens (including phenoxy) is 3. The second-order valence-electron chi connectivity index (χ2n) is 18.8. The zero-order valence-electron chi connectivity index (χ0n) is 46.8. The first-order valence-electron chi connectivity index (χ1n) is 29.3. The standard InChI is InChI=1S/C67H106O6/c1-4-7-10-13-16-19-21-23-24-25-26-27-28-29-30-31-32-33-34-35-36-37-38-39-40-41-42-44-45-48-51-54-57-60-66(69)72-63-64(62-71-65(68)59-56-53-50-47-18-15-12-9-6-3)73-67(70)61-58-55-52-49-46-43-22-20-17-14-11-8-5-2/h7-8,10-11,16-17,19-20,23-24,26-27,29-30,32-33,35-36,38-39,43,46,52,55,64H,4-6,9,12-15,18,21-22,25,28,31,34,37,40-42,44-45,47-51,53-54,56-63H2,1-3H3/b10-7-,11-8-,19-16-,20-17-,24-23-,27-26-,30-29-,33-32-,36-35-,39-38-,46-43-,55-52-. The third kappa shape index (κ3) is 58.1. The largest absolute Gasteiger partial charge is 0.462 e. The fourth-order valence-electron chi connectivity index (χ4n) is 7.53. The van der Waals surface area contributed by atoms with Gasteiger partial charge in [0.05, 0.1) is 0 Å². The van der Waals surface area contributed by atoms with E-state index in [0.29, 0.717) is 19.3 Å². The molecular formula is C67H106O6. The lowest BCUT2D eigenvalue weighted by Gasteiger charge is -2.18. The van der Waals surface area contributed by atoms with Gasteiger partial charge in [0.2, 0.25) is 0 Å². The maximum Gasteiger partial charge on any atom is 0.306 e. The minimum Gasteiger partial charge on any atom is -0.462 e. The number of hydrogen-bond acceptors (Lipinski definition) is 6. The molecule has 1 atom stereocenters. The van der Waals surface area contributed by atoms with E-state index in [1.54, 1.807) is 0 Å². The van der Waals surface area contributed by atoms with Gasteiger partial charge in [0, 0.05) is 19.3 Å². The molecule has 0 radical (unpaired) electrons. The zero-order valence-corrected chi connectivity index (χ0v) is 46.8. The highest BCUT2D eigenvalue weighted by atomic mass is 16.6. The predicted molar refractivity (Wildman–Crippen MR) is 315 cm³/mol. The van der Waals surface area contributed by atoms with Crippen molar-refractivity contribution in [1.29, 1.82) is 0 Å². The molecule has 0 aromatic carbocycles. The van der Waals surface area contributed by atoms with Gasteiger partial charge in [0.15, 0.2) is 6.10 Å². The van der Waals surface area contributed by atoms with Crippen molar-refractivity contribution in [3.05, 3.63) is 146 Å². The molecule has 0 aliphatic rings. The van der Waals surface area contributed by atoms with Crippen LogP contribution in [0.2, 0.25) is 0 Å². The molecule has 0 spiro atoms. The molecule has 6 nitrogen and oxygen atoms in total. The fourth-order valence-corrected chi connectivity index (χ4v) is 7.53. The topological polar surface area (TPSA) is 78.9 Å². The minimum atomic E-state index is -0.821. The molecule has 1 unspecified atom stereocenters. The molecule has 0 aromatic heterocycles. The van der Waals surface area contributed by atoms with Crippen LogP contribution in [0.25, 0.3) is 0 Å². The second-order valence-corrected chi connectivity index (χ2v) is 18.8. The van der Waals surface area contributed by atoms with E-state index in [4.69, 9.17) is 14.2 Å². The smallest absolute Gasteiger partial charge is 0.306 e. The van der Waals surface area contributed by atoms with Crippen LogP contribution in [0.3, 0.4) is 0 Å². The van der Waals surface area contributed by atoms with Crippen LogP contribution >= 0.6 is 0 Å². The number of esters is 3. The van der Waals surface area contributed by atoms with E-state index in [2.05, 4.69) is 154 Å². The highest BCUT2D eigenvalue weighted by Gasteiger charge is 2.19. The van der Waals surface area contributed by atoms with E-state index in [9.17, 15) is 14.4 Å². The zero-order chi connectivity index (χ0) is 52.9. The molecule has 0 amide bonds. The van der Waals surface area contributed by atoms with Crippen LogP contribution in [0.5, 0.6) is 0 Å². The van der Waals surface area contributed by atoms with Crippen LogP contribution in [-0.4, -0.2) is 37.2 Å². The van der Waals surface area contributed by atoms with Crippen molar-refractivity contribution in [2.24, 2.45) is 0 Å². The summed E-state index contributed by atoms with van der Waals surface area (Å²) in [6, 6.07) is 0. The van der Waals surface area contributed by atoms with Crippen LogP contribution < -0.4 is 0 Å². The van der Waals surface area contributed by atoms with Crippen LogP contribution in [-0.2, 0) is 28.6 Å². The fraction of sp³-hybridized carbons (Fsp3) is 0.597. The molecule has 0 N–H and O–H groups in total. The van der Waals surface area contributed by atoms with E-state index in [0.717, 1.165) is 122 Å². The lowest BCUT2D eigenvalue weighted by atomic mass is 10.1. The number of carbonyl (C=O) groups excluding carboxylic acids is 3. The lowest BCUT2D eigenvalue weighted by Crippen LogP contribution is -2.30. The molecule has 410 valence electrons. The molecule has 0 bridgehead atoms. The molecule has 0 aliphatic carbocycles. The van der Waals surface area contributed by atoms with Gasteiger partial charge in [-0.3, -0.25) is 14.4 Å². The van der Waals surface area contributed by atoms with Gasteiger partial charge in [0.1, 0.15) is 13.2 Å². The van der Waals surface area contributed by atoms with Crippen molar-refractivity contribution in [3.63, 3.8) is 0 Å². The van der Waals surface area contributed by atoms with Crippen molar-refractivity contribution in [1.82, 2.24) is 0 Å². The quantitative estimate of drug-likeness (QED) is 0.0261. The third-order valence-electron chi connectivity index (χ3n) is 11.9. The number of allylic oxidation sites excluding steroid dienone is 24. The van der Waals surface area contributed by atoms with Crippen molar-refractivity contribution < 1.29 is 28.6 Å². The predicted octanol–water partition coefficient (Wildman–Crippen LogP) is 20.0. The number of rotatable bonds is 51. The van der Waals surface area contributed by atoms with Crippen LogP contribution in [0.4, 0.5) is 0 Å². The van der Waals surface area contributed by atoms with E-state index in [-0.39, 0.29) is 31.6 Å². The van der Waals surface area contributed by atoms with Gasteiger partial charge < -0.3 is 14.2 Å². The van der Waals surface area contributed by atoms with Crippen LogP contribution in [0, 0.1) is 0 Å².